The van der Waals surface area contributed by atoms with Crippen molar-refractivity contribution in [2.75, 3.05) is 32.5 Å². The van der Waals surface area contributed by atoms with Crippen LogP contribution in [0.5, 0.6) is 0 Å². The Morgan fingerprint density at radius 2 is 1.92 bits per heavy atom. The Morgan fingerprint density at radius 3 is 2.57 bits per heavy atom. The normalized spacial score (nSPS) is 14.9. The van der Waals surface area contributed by atoms with Gasteiger partial charge < -0.3 is 15.1 Å². The van der Waals surface area contributed by atoms with Gasteiger partial charge in [0.05, 0.1) is 10.6 Å². The van der Waals surface area contributed by atoms with Gasteiger partial charge >= 0.3 is 0 Å². The van der Waals surface area contributed by atoms with E-state index in [-0.39, 0.29) is 28.7 Å². The second-order valence-electron chi connectivity index (χ2n) is 9.73. The van der Waals surface area contributed by atoms with E-state index in [4.69, 9.17) is 11.6 Å². The lowest BCUT2D eigenvalue weighted by Gasteiger charge is -2.42. The molecule has 0 aliphatic carbocycles. The Hall–Kier alpha value is -3.53. The van der Waals surface area contributed by atoms with Crippen LogP contribution in [0.15, 0.2) is 36.4 Å². The van der Waals surface area contributed by atoms with E-state index in [2.05, 4.69) is 20.5 Å². The first kappa shape index (κ1) is 26.5. The van der Waals surface area contributed by atoms with Crippen molar-refractivity contribution in [2.24, 2.45) is 5.41 Å². The third-order valence-corrected chi connectivity index (χ3v) is 7.02. The van der Waals surface area contributed by atoms with E-state index in [9.17, 15) is 18.4 Å². The molecule has 3 heterocycles. The van der Waals surface area contributed by atoms with Gasteiger partial charge in [0, 0.05) is 51.1 Å². The minimum atomic E-state index is -0.739. The third kappa shape index (κ3) is 6.07. The molecule has 11 heteroatoms. The minimum absolute atomic E-state index is 0.0436. The van der Waals surface area contributed by atoms with Gasteiger partial charge in [0.25, 0.3) is 5.91 Å². The first-order chi connectivity index (χ1) is 17.6. The maximum absolute atomic E-state index is 14.5. The zero-order chi connectivity index (χ0) is 26.7. The second kappa shape index (κ2) is 10.8. The zero-order valence-corrected chi connectivity index (χ0v) is 21.7. The van der Waals surface area contributed by atoms with Crippen LogP contribution in [0.2, 0.25) is 5.02 Å². The van der Waals surface area contributed by atoms with E-state index >= 15 is 0 Å². The van der Waals surface area contributed by atoms with Crippen LogP contribution in [0.3, 0.4) is 0 Å². The Bertz CT molecular complexity index is 1300. The van der Waals surface area contributed by atoms with Gasteiger partial charge in [0.15, 0.2) is 23.3 Å². The molecule has 2 amide bonds. The van der Waals surface area contributed by atoms with Gasteiger partial charge in [-0.1, -0.05) is 17.7 Å². The van der Waals surface area contributed by atoms with Crippen LogP contribution in [0.1, 0.15) is 41.0 Å². The summed E-state index contributed by atoms with van der Waals surface area (Å²) in [5, 5.41) is 9.64. The number of H-pyrrole nitrogens is 1. The first-order valence-corrected chi connectivity index (χ1v) is 12.3. The Labute approximate surface area is 219 Å². The van der Waals surface area contributed by atoms with Crippen LogP contribution in [0.4, 0.5) is 20.4 Å². The molecule has 0 bridgehead atoms. The smallest absolute Gasteiger partial charge is 0.256 e. The molecule has 0 radical (unpaired) electrons. The quantitative estimate of drug-likeness (QED) is 0.460. The lowest BCUT2D eigenvalue weighted by atomic mass is 9.71. The van der Waals surface area contributed by atoms with Crippen LogP contribution < -0.4 is 5.32 Å². The summed E-state index contributed by atoms with van der Waals surface area (Å²) >= 11 is 5.86. The summed E-state index contributed by atoms with van der Waals surface area (Å²) < 4.78 is 29.0. The molecule has 1 saturated heterocycles. The molecule has 2 aromatic heterocycles. The van der Waals surface area contributed by atoms with Gasteiger partial charge in [0.1, 0.15) is 0 Å². The Kier molecular flexibility index (Phi) is 7.77. The zero-order valence-electron chi connectivity index (χ0n) is 20.9. The average Bonchev–Trinajstić information content (AvgIpc) is 3.27. The van der Waals surface area contributed by atoms with E-state index in [1.807, 2.05) is 6.92 Å². The highest BCUT2D eigenvalue weighted by atomic mass is 35.5. The highest BCUT2D eigenvalue weighted by Crippen LogP contribution is 2.39. The fourth-order valence-corrected chi connectivity index (χ4v) is 4.75. The van der Waals surface area contributed by atoms with Gasteiger partial charge in [-0.25, -0.2) is 13.8 Å². The number of hydrogen-bond donors (Lipinski definition) is 2. The summed E-state index contributed by atoms with van der Waals surface area (Å²) in [7, 11) is 3.39. The molecule has 1 aliphatic heterocycles. The number of pyridine rings is 1. The van der Waals surface area contributed by atoms with E-state index in [1.54, 1.807) is 37.2 Å². The monoisotopic (exact) mass is 530 g/mol. The van der Waals surface area contributed by atoms with Crippen LogP contribution in [0.25, 0.3) is 0 Å². The standard InChI is InChI=1S/C26H29ClF2N6O2/c1-16-13-21(33-32-16)31-24-20(28)8-7-17(30-24)14-26(15-22(36)34(2)3)9-11-35(12-10-26)25(37)18-5-4-6-19(27)23(18)29/h4-8,13H,9-12,14-15H2,1-3H3,(H2,30,31,32,33). The van der Waals surface area contributed by atoms with Gasteiger partial charge in [0.2, 0.25) is 5.91 Å². The number of nitrogens with one attached hydrogen (secondary N) is 2. The van der Waals surface area contributed by atoms with E-state index < -0.39 is 23.0 Å². The number of aromatic nitrogens is 3. The number of benzene rings is 1. The molecule has 196 valence electrons. The molecule has 1 fully saturated rings. The summed E-state index contributed by atoms with van der Waals surface area (Å²) in [6, 6.07) is 9.04. The summed E-state index contributed by atoms with van der Waals surface area (Å²) in [6.45, 7) is 2.51. The largest absolute Gasteiger partial charge is 0.349 e. The van der Waals surface area contributed by atoms with Gasteiger partial charge in [-0.05, 0) is 55.9 Å². The molecule has 2 N–H and O–H groups in total. The number of anilines is 2. The lowest BCUT2D eigenvalue weighted by Crippen LogP contribution is -2.46. The molecular formula is C26H29ClF2N6O2. The number of rotatable bonds is 7. The Balaban J connectivity index is 1.54. The van der Waals surface area contributed by atoms with Gasteiger partial charge in [-0.15, -0.1) is 0 Å². The van der Waals surface area contributed by atoms with Crippen molar-refractivity contribution < 1.29 is 18.4 Å². The predicted octanol–water partition coefficient (Wildman–Crippen LogP) is 4.73. The third-order valence-electron chi connectivity index (χ3n) is 6.73. The number of halogens is 3. The number of aryl methyl sites for hydroxylation is 1. The second-order valence-corrected chi connectivity index (χ2v) is 10.1. The fourth-order valence-electron chi connectivity index (χ4n) is 4.57. The molecule has 37 heavy (non-hydrogen) atoms. The highest BCUT2D eigenvalue weighted by molar-refractivity contribution is 6.31. The van der Waals surface area contributed by atoms with Crippen LogP contribution in [-0.2, 0) is 11.2 Å². The molecule has 0 unspecified atom stereocenters. The maximum Gasteiger partial charge on any atom is 0.256 e. The molecule has 0 atom stereocenters. The van der Waals surface area contributed by atoms with Crippen molar-refractivity contribution in [3.05, 3.63) is 70.0 Å². The van der Waals surface area contributed by atoms with E-state index in [0.29, 0.717) is 43.9 Å². The van der Waals surface area contributed by atoms with Crippen molar-refractivity contribution in [1.82, 2.24) is 25.0 Å². The van der Waals surface area contributed by atoms with Crippen molar-refractivity contribution >= 4 is 35.1 Å². The molecule has 8 nitrogen and oxygen atoms in total. The van der Waals surface area contributed by atoms with Crippen molar-refractivity contribution in [3.63, 3.8) is 0 Å². The molecule has 0 saturated carbocycles. The topological polar surface area (TPSA) is 94.2 Å². The summed E-state index contributed by atoms with van der Waals surface area (Å²) in [4.78, 5) is 33.4. The van der Waals surface area contributed by atoms with Crippen LogP contribution in [-0.4, -0.2) is 64.0 Å². The molecular weight excluding hydrogens is 502 g/mol. The SMILES string of the molecule is Cc1cc(Nc2nc(CC3(CC(=O)N(C)C)CCN(C(=O)c4cccc(Cl)c4F)CC3)ccc2F)n[nH]1. The first-order valence-electron chi connectivity index (χ1n) is 11.9. The number of carbonyl (C=O) groups excluding carboxylic acids is 2. The summed E-state index contributed by atoms with van der Waals surface area (Å²) in [5.74, 6) is -1.26. The number of nitrogens with zero attached hydrogens (tertiary/aromatic N) is 4. The highest BCUT2D eigenvalue weighted by Gasteiger charge is 2.39. The molecule has 0 spiro atoms. The lowest BCUT2D eigenvalue weighted by molar-refractivity contribution is -0.132. The van der Waals surface area contributed by atoms with Gasteiger partial charge in [-0.3, -0.25) is 14.7 Å². The van der Waals surface area contributed by atoms with E-state index in [0.717, 1.165) is 5.69 Å². The molecule has 1 aliphatic rings. The van der Waals surface area contributed by atoms with Crippen LogP contribution in [0, 0.1) is 24.0 Å². The molecule has 4 rings (SSSR count). The van der Waals surface area contributed by atoms with Crippen molar-refractivity contribution in [1.29, 1.82) is 0 Å². The number of amides is 2. The maximum atomic E-state index is 14.5. The van der Waals surface area contributed by atoms with E-state index in [1.165, 1.54) is 23.1 Å². The number of piperidine rings is 1. The fraction of sp³-hybridized carbons (Fsp3) is 0.385. The Morgan fingerprint density at radius 1 is 1.19 bits per heavy atom. The predicted molar refractivity (Wildman–Crippen MR) is 137 cm³/mol. The van der Waals surface area contributed by atoms with Gasteiger partial charge in [-0.2, -0.15) is 5.10 Å². The number of hydrogen-bond acceptors (Lipinski definition) is 5. The minimum Gasteiger partial charge on any atom is -0.349 e. The summed E-state index contributed by atoms with van der Waals surface area (Å²) in [5.41, 5.74) is 0.854. The number of aromatic amines is 1. The molecule has 1 aromatic carbocycles. The van der Waals surface area contributed by atoms with Crippen molar-refractivity contribution in [3.8, 4) is 0 Å². The van der Waals surface area contributed by atoms with Crippen LogP contribution >= 0.6 is 11.6 Å². The van der Waals surface area contributed by atoms with Crippen molar-refractivity contribution in [2.45, 2.75) is 32.6 Å². The number of carbonyl (C=O) groups is 2. The molecule has 3 aromatic rings. The average molecular weight is 531 g/mol. The number of likely N-dealkylation sites (tertiary alicyclic amines) is 1. The summed E-state index contributed by atoms with van der Waals surface area (Å²) in [6.07, 6.45) is 1.66.